The summed E-state index contributed by atoms with van der Waals surface area (Å²) in [6.07, 6.45) is 0.00694. The number of carbonyl (C=O) groups excluding carboxylic acids is 1. The monoisotopic (exact) mass is 364 g/mol. The zero-order valence-corrected chi connectivity index (χ0v) is 14.8. The van der Waals surface area contributed by atoms with Crippen LogP contribution in [0.15, 0.2) is 29.1 Å². The van der Waals surface area contributed by atoms with E-state index in [0.717, 1.165) is 5.69 Å². The highest BCUT2D eigenvalue weighted by Gasteiger charge is 2.14. The fourth-order valence-corrected chi connectivity index (χ4v) is 2.67. The molecule has 8 heteroatoms. The Hall–Kier alpha value is -2.61. The first-order valence-electron chi connectivity index (χ1n) is 7.67. The summed E-state index contributed by atoms with van der Waals surface area (Å²) in [6, 6.07) is 4.89. The van der Waals surface area contributed by atoms with Gasteiger partial charge in [-0.1, -0.05) is 6.92 Å². The highest BCUT2D eigenvalue weighted by molar-refractivity contribution is 7.07. The zero-order valence-electron chi connectivity index (χ0n) is 14.0. The summed E-state index contributed by atoms with van der Waals surface area (Å²) in [7, 11) is 1.50. The van der Waals surface area contributed by atoms with E-state index in [1.165, 1.54) is 18.4 Å². The van der Waals surface area contributed by atoms with Gasteiger partial charge in [-0.05, 0) is 24.1 Å². The van der Waals surface area contributed by atoms with Gasteiger partial charge in [-0.15, -0.1) is 11.3 Å². The fraction of sp³-hybridized carbons (Fsp3) is 0.353. The van der Waals surface area contributed by atoms with Crippen LogP contribution in [0.1, 0.15) is 29.4 Å². The van der Waals surface area contributed by atoms with Crippen LogP contribution < -0.4 is 14.8 Å². The van der Waals surface area contributed by atoms with Crippen LogP contribution in [-0.2, 0) is 11.4 Å². The van der Waals surface area contributed by atoms with Crippen molar-refractivity contribution in [1.82, 2.24) is 10.3 Å². The molecule has 1 atom stereocenters. The van der Waals surface area contributed by atoms with Crippen molar-refractivity contribution in [3.05, 3.63) is 40.3 Å². The first-order valence-corrected chi connectivity index (χ1v) is 8.61. The van der Waals surface area contributed by atoms with Gasteiger partial charge in [0.2, 0.25) is 0 Å². The number of carboxylic acid groups (broad SMARTS) is 1. The van der Waals surface area contributed by atoms with Crippen molar-refractivity contribution < 1.29 is 24.2 Å². The van der Waals surface area contributed by atoms with Gasteiger partial charge in [-0.2, -0.15) is 0 Å². The number of aromatic nitrogens is 1. The molecule has 0 aliphatic rings. The van der Waals surface area contributed by atoms with E-state index in [1.807, 2.05) is 5.38 Å². The topological polar surface area (TPSA) is 97.8 Å². The van der Waals surface area contributed by atoms with Crippen LogP contribution in [-0.4, -0.2) is 35.6 Å². The second-order valence-corrected chi connectivity index (χ2v) is 6.27. The van der Waals surface area contributed by atoms with Crippen LogP contribution in [0, 0.1) is 5.92 Å². The van der Waals surface area contributed by atoms with E-state index in [0.29, 0.717) is 23.7 Å². The van der Waals surface area contributed by atoms with Crippen molar-refractivity contribution in [1.29, 1.82) is 0 Å². The third-order valence-corrected chi connectivity index (χ3v) is 4.05. The molecule has 1 aromatic carbocycles. The minimum absolute atomic E-state index is 0.00694. The Kier molecular flexibility index (Phi) is 6.76. The van der Waals surface area contributed by atoms with Gasteiger partial charge in [-0.3, -0.25) is 9.59 Å². The minimum atomic E-state index is -0.884. The molecule has 0 fully saturated rings. The summed E-state index contributed by atoms with van der Waals surface area (Å²) in [6.45, 7) is 2.37. The number of carbonyl (C=O) groups is 2. The Bertz CT molecular complexity index is 718. The van der Waals surface area contributed by atoms with Crippen molar-refractivity contribution in [2.75, 3.05) is 13.7 Å². The van der Waals surface area contributed by atoms with Crippen LogP contribution in [0.4, 0.5) is 0 Å². The predicted molar refractivity (Wildman–Crippen MR) is 93.2 cm³/mol. The van der Waals surface area contributed by atoms with E-state index in [1.54, 1.807) is 30.6 Å². The smallest absolute Gasteiger partial charge is 0.303 e. The molecule has 1 heterocycles. The van der Waals surface area contributed by atoms with Gasteiger partial charge >= 0.3 is 5.97 Å². The normalized spacial score (nSPS) is 11.6. The number of rotatable bonds is 9. The molecule has 0 radical (unpaired) electrons. The van der Waals surface area contributed by atoms with Crippen molar-refractivity contribution in [3.63, 3.8) is 0 Å². The highest BCUT2D eigenvalue weighted by atomic mass is 32.1. The Morgan fingerprint density at radius 1 is 1.36 bits per heavy atom. The lowest BCUT2D eigenvalue weighted by molar-refractivity contribution is -0.137. The molecule has 25 heavy (non-hydrogen) atoms. The van der Waals surface area contributed by atoms with Crippen LogP contribution in [0.25, 0.3) is 0 Å². The first kappa shape index (κ1) is 18.7. The molecule has 134 valence electrons. The SMILES string of the molecule is COc1cc(C(=O)NCC(C)CC(=O)O)ccc1OCc1cscn1. The molecule has 0 aliphatic carbocycles. The van der Waals surface area contributed by atoms with E-state index in [4.69, 9.17) is 14.6 Å². The number of nitrogens with one attached hydrogen (secondary N) is 1. The fourth-order valence-electron chi connectivity index (χ4n) is 2.13. The summed E-state index contributed by atoms with van der Waals surface area (Å²) >= 11 is 1.49. The lowest BCUT2D eigenvalue weighted by Crippen LogP contribution is -2.29. The third-order valence-electron chi connectivity index (χ3n) is 3.42. The largest absolute Gasteiger partial charge is 0.493 e. The number of ether oxygens (including phenoxy) is 2. The number of amides is 1. The molecule has 0 saturated carbocycles. The van der Waals surface area contributed by atoms with Crippen molar-refractivity contribution >= 4 is 23.2 Å². The Balaban J connectivity index is 1.97. The van der Waals surface area contributed by atoms with Crippen molar-refractivity contribution in [3.8, 4) is 11.5 Å². The second kappa shape index (κ2) is 9.03. The number of benzene rings is 1. The number of methoxy groups -OCH3 is 1. The Morgan fingerprint density at radius 2 is 2.16 bits per heavy atom. The molecule has 1 amide bonds. The van der Waals surface area contributed by atoms with Crippen molar-refractivity contribution in [2.24, 2.45) is 5.92 Å². The molecule has 2 aromatic rings. The van der Waals surface area contributed by atoms with Gasteiger partial charge < -0.3 is 19.9 Å². The predicted octanol–water partition coefficient (Wildman–Crippen LogP) is 2.57. The molecular formula is C17H20N2O5S. The summed E-state index contributed by atoms with van der Waals surface area (Å²) < 4.78 is 11.0. The molecule has 0 aliphatic heterocycles. The summed E-state index contributed by atoms with van der Waals surface area (Å²) in [5.74, 6) is -0.358. The number of hydrogen-bond acceptors (Lipinski definition) is 6. The summed E-state index contributed by atoms with van der Waals surface area (Å²) in [5, 5.41) is 13.4. The second-order valence-electron chi connectivity index (χ2n) is 5.55. The quantitative estimate of drug-likeness (QED) is 0.710. The average molecular weight is 364 g/mol. The standard InChI is InChI=1S/C17H20N2O5S/c1-11(5-16(20)21)7-18-17(22)12-3-4-14(15(6-12)23-2)24-8-13-9-25-10-19-13/h3-4,6,9-11H,5,7-8H2,1-2H3,(H,18,22)(H,20,21). The highest BCUT2D eigenvalue weighted by Crippen LogP contribution is 2.28. The lowest BCUT2D eigenvalue weighted by atomic mass is 10.1. The van der Waals surface area contributed by atoms with Gasteiger partial charge in [0.15, 0.2) is 11.5 Å². The number of carboxylic acids is 1. The maximum atomic E-state index is 12.2. The minimum Gasteiger partial charge on any atom is -0.493 e. The molecule has 0 spiro atoms. The van der Waals surface area contributed by atoms with E-state index in [2.05, 4.69) is 10.3 Å². The van der Waals surface area contributed by atoms with E-state index >= 15 is 0 Å². The van der Waals surface area contributed by atoms with Gasteiger partial charge in [0.1, 0.15) is 6.61 Å². The Labute approximate surface area is 149 Å². The summed E-state index contributed by atoms with van der Waals surface area (Å²) in [5.41, 5.74) is 2.97. The van der Waals surface area contributed by atoms with Crippen molar-refractivity contribution in [2.45, 2.75) is 20.0 Å². The van der Waals surface area contributed by atoms with Crippen LogP contribution >= 0.6 is 11.3 Å². The number of aliphatic carboxylic acids is 1. The van der Waals surface area contributed by atoms with Crippen LogP contribution in [0.5, 0.6) is 11.5 Å². The number of nitrogens with zero attached hydrogens (tertiary/aromatic N) is 1. The molecule has 0 bridgehead atoms. The Morgan fingerprint density at radius 3 is 2.80 bits per heavy atom. The molecule has 0 saturated heterocycles. The van der Waals surface area contributed by atoms with Gasteiger partial charge in [-0.25, -0.2) is 4.98 Å². The molecule has 1 aromatic heterocycles. The maximum Gasteiger partial charge on any atom is 0.303 e. The number of hydrogen-bond donors (Lipinski definition) is 2. The molecule has 7 nitrogen and oxygen atoms in total. The molecule has 2 rings (SSSR count). The van der Waals surface area contributed by atoms with Gasteiger partial charge in [0, 0.05) is 23.9 Å². The van der Waals surface area contributed by atoms with E-state index in [9.17, 15) is 9.59 Å². The zero-order chi connectivity index (χ0) is 18.2. The first-order chi connectivity index (χ1) is 12.0. The number of thiazole rings is 1. The van der Waals surface area contributed by atoms with Gasteiger partial charge in [0.25, 0.3) is 5.91 Å². The third kappa shape index (κ3) is 5.75. The molecule has 1 unspecified atom stereocenters. The van der Waals surface area contributed by atoms with Crippen LogP contribution in [0.2, 0.25) is 0 Å². The van der Waals surface area contributed by atoms with E-state index < -0.39 is 5.97 Å². The average Bonchev–Trinajstić information content (AvgIpc) is 3.10. The maximum absolute atomic E-state index is 12.2. The molecular weight excluding hydrogens is 344 g/mol. The van der Waals surface area contributed by atoms with E-state index in [-0.39, 0.29) is 24.8 Å². The van der Waals surface area contributed by atoms with Gasteiger partial charge in [0.05, 0.1) is 18.3 Å². The molecule has 2 N–H and O–H groups in total. The summed E-state index contributed by atoms with van der Waals surface area (Å²) in [4.78, 5) is 27.0. The van der Waals surface area contributed by atoms with Crippen LogP contribution in [0.3, 0.4) is 0 Å². The lowest BCUT2D eigenvalue weighted by Gasteiger charge is -2.13.